The van der Waals surface area contributed by atoms with Crippen molar-refractivity contribution in [3.05, 3.63) is 54.1 Å². The normalized spacial score (nSPS) is 20.0. The topological polar surface area (TPSA) is 65.1 Å². The van der Waals surface area contributed by atoms with Crippen LogP contribution in [0, 0.1) is 0 Å². The highest BCUT2D eigenvalue weighted by atomic mass is 19.4. The summed E-state index contributed by atoms with van der Waals surface area (Å²) >= 11 is 0. The highest BCUT2D eigenvalue weighted by Gasteiger charge is 2.98. The van der Waals surface area contributed by atoms with Crippen LogP contribution in [-0.4, -0.2) is 59.4 Å². The molecule has 0 radical (unpaired) electrons. The molecule has 1 atom stereocenters. The van der Waals surface area contributed by atoms with E-state index in [-0.39, 0.29) is 11.3 Å². The summed E-state index contributed by atoms with van der Waals surface area (Å²) in [5, 5.41) is 0. The lowest BCUT2D eigenvalue weighted by Crippen LogP contribution is -2.70. The summed E-state index contributed by atoms with van der Waals surface area (Å²) in [6.07, 6.45) is -3.37. The molecule has 0 aromatic heterocycles. The lowest BCUT2D eigenvalue weighted by Gasteiger charge is -2.38. The van der Waals surface area contributed by atoms with Crippen LogP contribution in [-0.2, 0) is 4.79 Å². The van der Waals surface area contributed by atoms with Gasteiger partial charge in [0.25, 0.3) is 0 Å². The quantitative estimate of drug-likeness (QED) is 0.0811. The molecule has 0 bridgehead atoms. The molecule has 1 saturated heterocycles. The zero-order chi connectivity index (χ0) is 33.4. The van der Waals surface area contributed by atoms with E-state index in [1.54, 1.807) is 0 Å². The van der Waals surface area contributed by atoms with E-state index in [0.717, 1.165) is 25.7 Å². The van der Waals surface area contributed by atoms with Crippen LogP contribution < -0.4 is 14.2 Å². The van der Waals surface area contributed by atoms with Crippen molar-refractivity contribution in [1.82, 2.24) is 4.90 Å². The molecular weight excluding hydrogens is 634 g/mol. The van der Waals surface area contributed by atoms with Gasteiger partial charge in [-0.1, -0.05) is 26.2 Å². The minimum Gasteiger partial charge on any atom is -0.494 e. The molecule has 1 aliphatic heterocycles. The van der Waals surface area contributed by atoms with Gasteiger partial charge >= 0.3 is 47.8 Å². The minimum absolute atomic E-state index is 0.00713. The third-order valence-electron chi connectivity index (χ3n) is 6.27. The summed E-state index contributed by atoms with van der Waals surface area (Å²) in [5.41, 5.74) is -0.00713. The summed E-state index contributed by atoms with van der Waals surface area (Å²) in [6, 6.07) is -6.56. The first-order chi connectivity index (χ1) is 20.2. The number of ether oxygens (including phenoxy) is 3. The Kier molecular flexibility index (Phi) is 9.49. The molecule has 0 aliphatic carbocycles. The van der Waals surface area contributed by atoms with Gasteiger partial charge in [-0.2, -0.15) is 48.3 Å². The van der Waals surface area contributed by atoms with Crippen molar-refractivity contribution >= 4 is 11.9 Å². The summed E-state index contributed by atoms with van der Waals surface area (Å²) < 4.78 is 179. The Morgan fingerprint density at radius 2 is 1.14 bits per heavy atom. The number of esters is 2. The zero-order valence-corrected chi connectivity index (χ0v) is 22.2. The average molecular weight is 655 g/mol. The molecule has 3 rings (SSSR count). The average Bonchev–Trinajstić information content (AvgIpc) is 2.99. The SMILES string of the molecule is CCCCCCOc1ccc(C(=O)Oc2ccc(OC(=O)C(F)(N3C(F)(F)C(F)(F)C(F)(F)C3(F)F)C(F)(F)F)cc2)cc1. The molecule has 1 unspecified atom stereocenters. The van der Waals surface area contributed by atoms with Gasteiger partial charge in [-0.25, -0.2) is 14.0 Å². The van der Waals surface area contributed by atoms with Gasteiger partial charge in [-0.05, 0) is 55.0 Å². The number of benzene rings is 2. The van der Waals surface area contributed by atoms with E-state index < -0.39 is 58.5 Å². The second-order valence-electron chi connectivity index (χ2n) is 9.37. The predicted molar refractivity (Wildman–Crippen MR) is 125 cm³/mol. The standard InChI is InChI=1S/C26H21F12NO5/c1-2-3-4-5-14-42-16-8-6-15(7-9-16)19(40)43-17-10-12-18(13-11-17)44-20(41)21(27,24(32,33)34)39-25(35,36)22(28,29)23(30,31)26(39,37)38/h6-13H,2-5,14H2,1H3. The fourth-order valence-electron chi connectivity index (χ4n) is 3.88. The van der Waals surface area contributed by atoms with Crippen LogP contribution in [0.1, 0.15) is 43.0 Å². The number of unbranched alkanes of at least 4 members (excludes halogenated alkanes) is 3. The van der Waals surface area contributed by atoms with Gasteiger partial charge in [0, 0.05) is 0 Å². The van der Waals surface area contributed by atoms with Gasteiger partial charge in [0.15, 0.2) is 0 Å². The van der Waals surface area contributed by atoms with Gasteiger partial charge in [-0.15, -0.1) is 4.90 Å². The molecule has 0 saturated carbocycles. The lowest BCUT2D eigenvalue weighted by molar-refractivity contribution is -0.382. The molecule has 0 spiro atoms. The molecule has 1 aliphatic rings. The van der Waals surface area contributed by atoms with Crippen molar-refractivity contribution in [3.8, 4) is 17.2 Å². The van der Waals surface area contributed by atoms with Crippen LogP contribution in [0.2, 0.25) is 0 Å². The number of carbonyl (C=O) groups is 2. The number of rotatable bonds is 11. The fraction of sp³-hybridized carbons (Fsp3) is 0.462. The smallest absolute Gasteiger partial charge is 0.448 e. The van der Waals surface area contributed by atoms with Crippen LogP contribution in [0.15, 0.2) is 48.5 Å². The fourth-order valence-corrected chi connectivity index (χ4v) is 3.88. The first-order valence-electron chi connectivity index (χ1n) is 12.5. The number of alkyl halides is 12. The van der Waals surface area contributed by atoms with E-state index in [1.807, 2.05) is 6.92 Å². The Balaban J connectivity index is 1.75. The Labute approximate surface area is 240 Å². The molecule has 6 nitrogen and oxygen atoms in total. The maximum absolute atomic E-state index is 15.0. The monoisotopic (exact) mass is 655 g/mol. The molecule has 1 heterocycles. The van der Waals surface area contributed by atoms with Crippen LogP contribution in [0.5, 0.6) is 17.2 Å². The molecule has 2 aromatic carbocycles. The molecular formula is C26H21F12NO5. The molecule has 2 aromatic rings. The predicted octanol–water partition coefficient (Wildman–Crippen LogP) is 7.77. The summed E-state index contributed by atoms with van der Waals surface area (Å²) in [5.74, 6) is -27.3. The number of hydrogen-bond acceptors (Lipinski definition) is 6. The number of likely N-dealkylation sites (tertiary alicyclic amines) is 1. The van der Waals surface area contributed by atoms with Crippen LogP contribution in [0.3, 0.4) is 0 Å². The molecule has 18 heteroatoms. The molecule has 244 valence electrons. The van der Waals surface area contributed by atoms with Gasteiger partial charge in [-0.3, -0.25) is 0 Å². The largest absolute Gasteiger partial charge is 0.494 e. The van der Waals surface area contributed by atoms with Gasteiger partial charge in [0.2, 0.25) is 0 Å². The van der Waals surface area contributed by atoms with Crippen molar-refractivity contribution in [2.24, 2.45) is 0 Å². The maximum atomic E-state index is 15.0. The van der Waals surface area contributed by atoms with E-state index in [0.29, 0.717) is 36.6 Å². The number of nitrogens with zero attached hydrogens (tertiary/aromatic N) is 1. The minimum atomic E-state index is -7.26. The van der Waals surface area contributed by atoms with Gasteiger partial charge in [0.1, 0.15) is 17.2 Å². The third-order valence-corrected chi connectivity index (χ3v) is 6.27. The molecule has 0 N–H and O–H groups in total. The van der Waals surface area contributed by atoms with E-state index in [4.69, 9.17) is 9.47 Å². The van der Waals surface area contributed by atoms with Crippen molar-refractivity contribution in [2.75, 3.05) is 6.61 Å². The summed E-state index contributed by atoms with van der Waals surface area (Å²) in [4.78, 5) is 20.8. The van der Waals surface area contributed by atoms with E-state index in [1.165, 1.54) is 24.3 Å². The second kappa shape index (κ2) is 12.0. The Bertz CT molecular complexity index is 1310. The van der Waals surface area contributed by atoms with Crippen molar-refractivity contribution in [1.29, 1.82) is 0 Å². The first-order valence-corrected chi connectivity index (χ1v) is 12.5. The van der Waals surface area contributed by atoms with Crippen molar-refractivity contribution in [2.45, 2.75) is 68.5 Å². The third kappa shape index (κ3) is 5.87. The van der Waals surface area contributed by atoms with Crippen molar-refractivity contribution < 1.29 is 76.5 Å². The Hall–Kier alpha value is -3.70. The summed E-state index contributed by atoms with van der Waals surface area (Å²) in [7, 11) is 0. The highest BCUT2D eigenvalue weighted by Crippen LogP contribution is 2.66. The van der Waals surface area contributed by atoms with E-state index in [2.05, 4.69) is 4.74 Å². The number of halogens is 12. The van der Waals surface area contributed by atoms with Crippen LogP contribution in [0.25, 0.3) is 0 Å². The van der Waals surface area contributed by atoms with Gasteiger partial charge in [0.05, 0.1) is 12.2 Å². The molecule has 44 heavy (non-hydrogen) atoms. The second-order valence-corrected chi connectivity index (χ2v) is 9.37. The van der Waals surface area contributed by atoms with Gasteiger partial charge < -0.3 is 14.2 Å². The van der Waals surface area contributed by atoms with Crippen LogP contribution in [0.4, 0.5) is 52.7 Å². The lowest BCUT2D eigenvalue weighted by atomic mass is 10.2. The Morgan fingerprint density at radius 3 is 1.59 bits per heavy atom. The van der Waals surface area contributed by atoms with Crippen molar-refractivity contribution in [3.63, 3.8) is 0 Å². The first kappa shape index (κ1) is 34.8. The van der Waals surface area contributed by atoms with E-state index >= 15 is 0 Å². The zero-order valence-electron chi connectivity index (χ0n) is 22.2. The van der Waals surface area contributed by atoms with Crippen LogP contribution >= 0.6 is 0 Å². The highest BCUT2D eigenvalue weighted by molar-refractivity contribution is 5.91. The number of hydrogen-bond donors (Lipinski definition) is 0. The summed E-state index contributed by atoms with van der Waals surface area (Å²) in [6.45, 7) is 2.48. The molecule has 0 amide bonds. The maximum Gasteiger partial charge on any atom is 0.448 e. The van der Waals surface area contributed by atoms with E-state index in [9.17, 15) is 62.3 Å². The number of carbonyl (C=O) groups excluding carboxylic acids is 2. The Morgan fingerprint density at radius 1 is 0.682 bits per heavy atom. The molecule has 1 fully saturated rings.